The molecule has 0 saturated carbocycles. The van der Waals surface area contributed by atoms with Crippen LogP contribution in [0.25, 0.3) is 0 Å². The molecule has 0 spiro atoms. The van der Waals surface area contributed by atoms with Gasteiger partial charge in [0, 0.05) is 0 Å². The van der Waals surface area contributed by atoms with E-state index in [0.29, 0.717) is 0 Å². The fraction of sp³-hybridized carbons (Fsp3) is 0.400. The van der Waals surface area contributed by atoms with Gasteiger partial charge < -0.3 is 5.73 Å². The van der Waals surface area contributed by atoms with Crippen molar-refractivity contribution < 1.29 is 0 Å². The molecule has 1 aromatic rings. The van der Waals surface area contributed by atoms with E-state index in [1.54, 1.807) is 0 Å². The summed E-state index contributed by atoms with van der Waals surface area (Å²) in [6, 6.07) is 8.63. The molecule has 0 fully saturated rings. The standard InChI is InChI=1S/C10H15N.ClH/c1-9-4-6-10(7-5-9)3-2-8-11;/h4-7H,2-3,8,11H2,1H3;1H. The van der Waals surface area contributed by atoms with E-state index in [2.05, 4.69) is 31.2 Å². The van der Waals surface area contributed by atoms with Crippen molar-refractivity contribution in [1.82, 2.24) is 0 Å². The molecule has 1 nitrogen and oxygen atoms in total. The second-order valence-electron chi connectivity index (χ2n) is 2.88. The summed E-state index contributed by atoms with van der Waals surface area (Å²) in [5.41, 5.74) is 8.12. The Morgan fingerprint density at radius 1 is 1.17 bits per heavy atom. The van der Waals surface area contributed by atoms with E-state index >= 15 is 0 Å². The lowest BCUT2D eigenvalue weighted by Gasteiger charge is -1.99. The van der Waals surface area contributed by atoms with Crippen molar-refractivity contribution in [3.05, 3.63) is 35.4 Å². The van der Waals surface area contributed by atoms with E-state index in [1.165, 1.54) is 11.1 Å². The molecule has 0 aromatic heterocycles. The molecular weight excluding hydrogens is 170 g/mol. The van der Waals surface area contributed by atoms with E-state index in [4.69, 9.17) is 5.73 Å². The Bertz CT molecular complexity index is 206. The number of hydrogen-bond acceptors (Lipinski definition) is 1. The van der Waals surface area contributed by atoms with E-state index in [1.807, 2.05) is 0 Å². The number of benzene rings is 1. The van der Waals surface area contributed by atoms with Crippen molar-refractivity contribution in [2.24, 2.45) is 5.73 Å². The third-order valence-electron chi connectivity index (χ3n) is 1.79. The third kappa shape index (κ3) is 3.74. The number of nitrogens with two attached hydrogens (primary N) is 1. The molecule has 0 bridgehead atoms. The second-order valence-corrected chi connectivity index (χ2v) is 2.88. The Balaban J connectivity index is 0.00000121. The lowest BCUT2D eigenvalue weighted by molar-refractivity contribution is 0.832. The van der Waals surface area contributed by atoms with Crippen molar-refractivity contribution in [3.63, 3.8) is 0 Å². The Hall–Kier alpha value is -0.530. The second kappa shape index (κ2) is 6.04. The quantitative estimate of drug-likeness (QED) is 0.769. The molecule has 0 heterocycles. The first-order chi connectivity index (χ1) is 5.33. The molecule has 1 rings (SSSR count). The van der Waals surface area contributed by atoms with Crippen LogP contribution in [0.4, 0.5) is 0 Å². The first-order valence-corrected chi connectivity index (χ1v) is 4.08. The van der Waals surface area contributed by atoms with Gasteiger partial charge in [-0.2, -0.15) is 0 Å². The van der Waals surface area contributed by atoms with Gasteiger partial charge in [-0.25, -0.2) is 0 Å². The zero-order valence-corrected chi connectivity index (χ0v) is 8.23. The van der Waals surface area contributed by atoms with E-state index in [-0.39, 0.29) is 12.4 Å². The maximum Gasteiger partial charge on any atom is -0.00741 e. The zero-order valence-electron chi connectivity index (χ0n) is 7.42. The van der Waals surface area contributed by atoms with E-state index in [9.17, 15) is 0 Å². The number of rotatable bonds is 3. The molecule has 0 unspecified atom stereocenters. The van der Waals surface area contributed by atoms with Gasteiger partial charge in [-0.1, -0.05) is 29.8 Å². The van der Waals surface area contributed by atoms with Crippen LogP contribution in [0.2, 0.25) is 0 Å². The van der Waals surface area contributed by atoms with Gasteiger partial charge in [0.05, 0.1) is 0 Å². The average Bonchev–Trinajstić information content (AvgIpc) is 2.04. The van der Waals surface area contributed by atoms with Crippen molar-refractivity contribution >= 4 is 12.4 Å². The van der Waals surface area contributed by atoms with Crippen LogP contribution in [0, 0.1) is 6.92 Å². The van der Waals surface area contributed by atoms with E-state index < -0.39 is 0 Å². The predicted molar refractivity (Wildman–Crippen MR) is 55.8 cm³/mol. The van der Waals surface area contributed by atoms with Crippen molar-refractivity contribution in [2.75, 3.05) is 6.54 Å². The molecule has 0 radical (unpaired) electrons. The van der Waals surface area contributed by atoms with Crippen LogP contribution >= 0.6 is 12.4 Å². The van der Waals surface area contributed by atoms with Gasteiger partial charge in [-0.3, -0.25) is 0 Å². The number of aryl methyl sites for hydroxylation is 2. The van der Waals surface area contributed by atoms with Crippen LogP contribution in [0.5, 0.6) is 0 Å². The Kier molecular flexibility index (Phi) is 5.77. The molecule has 2 heteroatoms. The van der Waals surface area contributed by atoms with Crippen molar-refractivity contribution in [1.29, 1.82) is 0 Å². The van der Waals surface area contributed by atoms with Crippen LogP contribution in [0.3, 0.4) is 0 Å². The summed E-state index contributed by atoms with van der Waals surface area (Å²) in [5, 5.41) is 0. The molecule has 0 aliphatic heterocycles. The Morgan fingerprint density at radius 2 is 1.75 bits per heavy atom. The maximum atomic E-state index is 5.41. The monoisotopic (exact) mass is 185 g/mol. The first kappa shape index (κ1) is 11.5. The summed E-state index contributed by atoms with van der Waals surface area (Å²) in [4.78, 5) is 0. The van der Waals surface area contributed by atoms with Crippen molar-refractivity contribution in [2.45, 2.75) is 19.8 Å². The summed E-state index contributed by atoms with van der Waals surface area (Å²) in [6.45, 7) is 2.89. The Morgan fingerprint density at radius 3 is 2.25 bits per heavy atom. The minimum atomic E-state index is 0. The van der Waals surface area contributed by atoms with Gasteiger partial charge in [-0.15, -0.1) is 12.4 Å². The van der Waals surface area contributed by atoms with Crippen molar-refractivity contribution in [3.8, 4) is 0 Å². The van der Waals surface area contributed by atoms with Gasteiger partial charge in [-0.05, 0) is 31.9 Å². The van der Waals surface area contributed by atoms with Crippen LogP contribution < -0.4 is 5.73 Å². The SMILES string of the molecule is Cc1ccc(CCCN)cc1.Cl. The molecule has 68 valence electrons. The van der Waals surface area contributed by atoms with Crippen LogP contribution in [-0.4, -0.2) is 6.54 Å². The zero-order chi connectivity index (χ0) is 8.10. The topological polar surface area (TPSA) is 26.0 Å². The van der Waals surface area contributed by atoms with Gasteiger partial charge in [0.2, 0.25) is 0 Å². The molecule has 0 atom stereocenters. The average molecular weight is 186 g/mol. The van der Waals surface area contributed by atoms with Crippen LogP contribution in [0.15, 0.2) is 24.3 Å². The van der Waals surface area contributed by atoms with E-state index in [0.717, 1.165) is 19.4 Å². The molecule has 2 N–H and O–H groups in total. The van der Waals surface area contributed by atoms with Gasteiger partial charge in [0.15, 0.2) is 0 Å². The molecule has 0 saturated heterocycles. The van der Waals surface area contributed by atoms with Crippen LogP contribution in [0.1, 0.15) is 17.5 Å². The van der Waals surface area contributed by atoms with Gasteiger partial charge >= 0.3 is 0 Å². The molecule has 0 amide bonds. The smallest absolute Gasteiger partial charge is 0.00741 e. The third-order valence-corrected chi connectivity index (χ3v) is 1.79. The highest BCUT2D eigenvalue weighted by Gasteiger charge is 1.90. The first-order valence-electron chi connectivity index (χ1n) is 4.08. The highest BCUT2D eigenvalue weighted by atomic mass is 35.5. The minimum absolute atomic E-state index is 0. The summed E-state index contributed by atoms with van der Waals surface area (Å²) in [5.74, 6) is 0. The molecule has 12 heavy (non-hydrogen) atoms. The van der Waals surface area contributed by atoms with Crippen LogP contribution in [-0.2, 0) is 6.42 Å². The largest absolute Gasteiger partial charge is 0.330 e. The summed E-state index contributed by atoms with van der Waals surface area (Å²) in [7, 11) is 0. The lowest BCUT2D eigenvalue weighted by Crippen LogP contribution is -2.00. The number of hydrogen-bond donors (Lipinski definition) is 1. The Labute approximate surface area is 80.4 Å². The highest BCUT2D eigenvalue weighted by Crippen LogP contribution is 2.04. The van der Waals surface area contributed by atoms with Gasteiger partial charge in [0.25, 0.3) is 0 Å². The molecule has 0 aliphatic carbocycles. The minimum Gasteiger partial charge on any atom is -0.330 e. The molecule has 1 aromatic carbocycles. The maximum absolute atomic E-state index is 5.41. The molecule has 0 aliphatic rings. The van der Waals surface area contributed by atoms with Gasteiger partial charge in [0.1, 0.15) is 0 Å². The highest BCUT2D eigenvalue weighted by molar-refractivity contribution is 5.85. The summed E-state index contributed by atoms with van der Waals surface area (Å²) >= 11 is 0. The lowest BCUT2D eigenvalue weighted by atomic mass is 10.1. The normalized spacial score (nSPS) is 9.17. The fourth-order valence-electron chi connectivity index (χ4n) is 1.06. The summed E-state index contributed by atoms with van der Waals surface area (Å²) in [6.07, 6.45) is 2.19. The summed E-state index contributed by atoms with van der Waals surface area (Å²) < 4.78 is 0. The fourth-order valence-corrected chi connectivity index (χ4v) is 1.06. The predicted octanol–water partition coefficient (Wildman–Crippen LogP) is 2.31. The number of halogens is 1. The molecular formula is C10H16ClN.